The molecule has 4 heterocycles. The van der Waals surface area contributed by atoms with Crippen LogP contribution in [0, 0.1) is 0 Å². The summed E-state index contributed by atoms with van der Waals surface area (Å²) in [5, 5.41) is 0. The second kappa shape index (κ2) is 13.6. The molecule has 13 rings (SSSR count). The van der Waals surface area contributed by atoms with Gasteiger partial charge in [0.25, 0.3) is 0 Å². The summed E-state index contributed by atoms with van der Waals surface area (Å²) in [6, 6.07) is 56.9. The zero-order chi connectivity index (χ0) is 43.8. The van der Waals surface area contributed by atoms with Crippen molar-refractivity contribution in [3.63, 3.8) is 0 Å². The minimum atomic E-state index is -0.810. The Morgan fingerprint density at radius 3 is 1.95 bits per heavy atom. The number of fused-ring (bicyclic) bond motifs is 15. The number of hydrogen-bond donors (Lipinski definition) is 0. The van der Waals surface area contributed by atoms with E-state index in [1.807, 2.05) is 12.3 Å². The lowest BCUT2D eigenvalue weighted by atomic mass is 9.61. The highest BCUT2D eigenvalue weighted by atomic mass is 16.5. The summed E-state index contributed by atoms with van der Waals surface area (Å²) >= 11 is 0. The fraction of sp³-hybridized carbons (Fsp3) is 0.186. The smallest absolute Gasteiger partial charge is 0.220 e. The number of para-hydroxylation sites is 5. The van der Waals surface area contributed by atoms with Crippen molar-refractivity contribution < 1.29 is 6.11 Å². The fourth-order valence-corrected chi connectivity index (χ4v) is 11.3. The molecule has 2 aliphatic carbocycles. The van der Waals surface area contributed by atoms with Crippen molar-refractivity contribution in [3.8, 4) is 73.0 Å². The van der Waals surface area contributed by atoms with Crippen LogP contribution in [0.2, 0.25) is 0 Å². The molecule has 7 aromatic carbocycles. The Morgan fingerprint density at radius 2 is 1.16 bits per heavy atom. The highest BCUT2D eigenvalue weighted by Gasteiger charge is 2.46. The van der Waals surface area contributed by atoms with Gasteiger partial charge < -0.3 is 4.74 Å². The molecule has 0 amide bonds. The summed E-state index contributed by atoms with van der Waals surface area (Å²) in [6.07, 6.45) is 5.52. The number of benzene rings is 7. The largest absolute Gasteiger partial charge is 0.456 e. The first kappa shape index (κ1) is 36.3. The van der Waals surface area contributed by atoms with Gasteiger partial charge in [-0.15, -0.1) is 0 Å². The number of pyridine rings is 1. The molecule has 310 valence electrons. The van der Waals surface area contributed by atoms with Crippen LogP contribution in [0.3, 0.4) is 0 Å². The van der Waals surface area contributed by atoms with E-state index in [1.54, 1.807) is 0 Å². The van der Waals surface area contributed by atoms with Gasteiger partial charge in [-0.3, -0.25) is 14.0 Å². The Bertz CT molecular complexity index is 3620. The molecular weight excluding hydrogens is 781 g/mol. The lowest BCUT2D eigenvalue weighted by Crippen LogP contribution is -2.39. The molecule has 0 spiro atoms. The summed E-state index contributed by atoms with van der Waals surface area (Å²) in [5.74, 6) is 1.75. The van der Waals surface area contributed by atoms with Gasteiger partial charge in [-0.1, -0.05) is 138 Å². The minimum Gasteiger partial charge on any atom is -0.456 e. The van der Waals surface area contributed by atoms with Crippen molar-refractivity contribution >= 4 is 27.8 Å². The van der Waals surface area contributed by atoms with E-state index in [0.717, 1.165) is 138 Å². The maximum atomic E-state index is 10.5. The van der Waals surface area contributed by atoms with Crippen molar-refractivity contribution in [2.75, 3.05) is 0 Å². The van der Waals surface area contributed by atoms with E-state index in [4.69, 9.17) is 14.7 Å². The number of imidazole rings is 2. The molecule has 3 aromatic heterocycles. The SMILES string of the molecule is [2H]C1(c2cc3c(cc2-c2cc(-n4c5ccccc5n5c6ccccc6nc45)cc4c2Oc2ccccc2C(C)(C)C4(C)C)-c2ccccc2-c2ncccc2-c2ccccc2-3)CCCC1. The lowest BCUT2D eigenvalue weighted by molar-refractivity contribution is 0.306. The maximum Gasteiger partial charge on any atom is 0.220 e. The highest BCUT2D eigenvalue weighted by Crippen LogP contribution is 2.58. The topological polar surface area (TPSA) is 44.4 Å². The summed E-state index contributed by atoms with van der Waals surface area (Å²) in [7, 11) is 0. The van der Waals surface area contributed by atoms with Crippen LogP contribution in [0.5, 0.6) is 11.5 Å². The maximum absolute atomic E-state index is 10.5. The van der Waals surface area contributed by atoms with E-state index in [9.17, 15) is 1.37 Å². The minimum absolute atomic E-state index is 0.333. The Labute approximate surface area is 375 Å². The summed E-state index contributed by atoms with van der Waals surface area (Å²) < 4.78 is 22.6. The molecule has 1 saturated carbocycles. The summed E-state index contributed by atoms with van der Waals surface area (Å²) in [6.45, 7) is 9.46. The third-order valence-corrected chi connectivity index (χ3v) is 15.3. The number of nitrogens with zero attached hydrogens (tertiary/aromatic N) is 4. The molecule has 3 aliphatic rings. The van der Waals surface area contributed by atoms with Crippen molar-refractivity contribution in [1.29, 1.82) is 0 Å². The number of ether oxygens (including phenoxy) is 1. The normalized spacial score (nSPS) is 16.6. The molecule has 0 bridgehead atoms. The predicted octanol–water partition coefficient (Wildman–Crippen LogP) is 15.5. The van der Waals surface area contributed by atoms with Gasteiger partial charge in [0.1, 0.15) is 11.5 Å². The van der Waals surface area contributed by atoms with Gasteiger partial charge in [0.15, 0.2) is 0 Å². The van der Waals surface area contributed by atoms with Crippen LogP contribution in [-0.2, 0) is 10.8 Å². The molecule has 0 atom stereocenters. The van der Waals surface area contributed by atoms with E-state index < -0.39 is 11.3 Å². The highest BCUT2D eigenvalue weighted by molar-refractivity contribution is 6.04. The van der Waals surface area contributed by atoms with E-state index in [1.165, 1.54) is 5.56 Å². The summed E-state index contributed by atoms with van der Waals surface area (Å²) in [5.41, 5.74) is 18.6. The van der Waals surface area contributed by atoms with Gasteiger partial charge in [0.05, 0.1) is 33.4 Å². The molecule has 0 N–H and O–H groups in total. The van der Waals surface area contributed by atoms with Crippen molar-refractivity contribution in [2.24, 2.45) is 0 Å². The molecule has 1 fully saturated rings. The summed E-state index contributed by atoms with van der Waals surface area (Å²) in [4.78, 5) is 10.4. The van der Waals surface area contributed by atoms with Gasteiger partial charge in [-0.05, 0) is 118 Å². The van der Waals surface area contributed by atoms with Crippen molar-refractivity contribution in [1.82, 2.24) is 18.9 Å². The molecule has 0 saturated heterocycles. The Hall–Kier alpha value is -7.24. The van der Waals surface area contributed by atoms with E-state index in [2.05, 4.69) is 188 Å². The Kier molecular flexibility index (Phi) is 7.72. The molecule has 10 aromatic rings. The van der Waals surface area contributed by atoms with Crippen LogP contribution in [0.15, 0.2) is 164 Å². The zero-order valence-corrected chi connectivity index (χ0v) is 36.6. The van der Waals surface area contributed by atoms with Crippen LogP contribution in [0.1, 0.15) is 77.3 Å². The second-order valence-electron chi connectivity index (χ2n) is 19.0. The van der Waals surface area contributed by atoms with Crippen molar-refractivity contribution in [3.05, 3.63) is 181 Å². The molecule has 5 heteroatoms. The standard InChI is InChI=1S/C59H48N4O/c1-58(2)48-25-11-16-30-54(48)64-56-47(32-37(33-49(56)59(58,3)4)62-52-28-14-15-29-53(52)63-51-27-13-12-26-50(51)61-57(62)63)46-35-45-40-22-9-10-23-41(40)55-42(24-17-31-60-55)38-20-7-8-21-39(38)44(45)34-43(46)36-18-5-6-19-36/h7-17,20-36H,5-6,18-19H2,1-4H3/i36D. The Balaban J connectivity index is 1.20. The molecule has 1 aliphatic heterocycles. The van der Waals surface area contributed by atoms with Crippen LogP contribution >= 0.6 is 0 Å². The average Bonchev–Trinajstić information content (AvgIpc) is 4.03. The number of rotatable bonds is 3. The molecule has 0 radical (unpaired) electrons. The second-order valence-corrected chi connectivity index (χ2v) is 19.0. The molecule has 64 heavy (non-hydrogen) atoms. The molecule has 0 unspecified atom stereocenters. The third kappa shape index (κ3) is 5.18. The molecular formula is C59H48N4O. The fourth-order valence-electron chi connectivity index (χ4n) is 11.3. The number of hydrogen-bond acceptors (Lipinski definition) is 3. The first-order valence-electron chi connectivity index (χ1n) is 23.3. The molecule has 5 nitrogen and oxygen atoms in total. The van der Waals surface area contributed by atoms with Crippen LogP contribution in [-0.4, -0.2) is 18.9 Å². The number of aromatic nitrogens is 4. The van der Waals surface area contributed by atoms with Gasteiger partial charge in [-0.25, -0.2) is 4.98 Å². The van der Waals surface area contributed by atoms with Crippen LogP contribution < -0.4 is 4.74 Å². The van der Waals surface area contributed by atoms with Gasteiger partial charge >= 0.3 is 0 Å². The lowest BCUT2D eigenvalue weighted by Gasteiger charge is -2.41. The predicted molar refractivity (Wildman–Crippen MR) is 262 cm³/mol. The average molecular weight is 830 g/mol. The van der Waals surface area contributed by atoms with E-state index >= 15 is 0 Å². The van der Waals surface area contributed by atoms with E-state index in [0.29, 0.717) is 0 Å². The van der Waals surface area contributed by atoms with Gasteiger partial charge in [0.2, 0.25) is 5.78 Å². The Morgan fingerprint density at radius 1 is 0.547 bits per heavy atom. The van der Waals surface area contributed by atoms with Crippen LogP contribution in [0.25, 0.3) is 89.3 Å². The third-order valence-electron chi connectivity index (χ3n) is 15.3. The van der Waals surface area contributed by atoms with Crippen LogP contribution in [0.4, 0.5) is 0 Å². The van der Waals surface area contributed by atoms with Gasteiger partial charge in [0, 0.05) is 46.2 Å². The zero-order valence-electron chi connectivity index (χ0n) is 37.6. The quantitative estimate of drug-likeness (QED) is 0.178. The first-order valence-corrected chi connectivity index (χ1v) is 22.8. The first-order chi connectivity index (χ1) is 31.6. The van der Waals surface area contributed by atoms with E-state index in [-0.39, 0.29) is 5.41 Å². The van der Waals surface area contributed by atoms with Gasteiger partial charge in [-0.2, -0.15) is 0 Å². The van der Waals surface area contributed by atoms with Crippen molar-refractivity contribution in [2.45, 2.75) is 70.1 Å². The monoisotopic (exact) mass is 829 g/mol.